The molecule has 9 nitrogen and oxygen atoms in total. The van der Waals surface area contributed by atoms with Crippen molar-refractivity contribution in [1.82, 2.24) is 0 Å². The molecule has 0 aliphatic carbocycles. The van der Waals surface area contributed by atoms with Gasteiger partial charge in [-0.05, 0) is 24.3 Å². The van der Waals surface area contributed by atoms with Crippen molar-refractivity contribution in [2.75, 3.05) is 0 Å². The third-order valence-corrected chi connectivity index (χ3v) is 2.74. The SMILES string of the molecule is O=C(O)c1cc(Oc2ccc(F)cc2)c([N+](=O)[O-])cc1[N+](=O)[O-]. The second-order valence-electron chi connectivity index (χ2n) is 4.21. The Labute approximate surface area is 126 Å². The highest BCUT2D eigenvalue weighted by molar-refractivity contribution is 5.93. The third kappa shape index (κ3) is 3.37. The predicted molar refractivity (Wildman–Crippen MR) is 73.2 cm³/mol. The van der Waals surface area contributed by atoms with Gasteiger partial charge in [-0.1, -0.05) is 0 Å². The van der Waals surface area contributed by atoms with Gasteiger partial charge in [0, 0.05) is 6.07 Å². The molecule has 0 aliphatic heterocycles. The lowest BCUT2D eigenvalue weighted by molar-refractivity contribution is -0.394. The highest BCUT2D eigenvalue weighted by Crippen LogP contribution is 2.37. The molecule has 0 saturated heterocycles. The first-order chi connectivity index (χ1) is 10.8. The van der Waals surface area contributed by atoms with Crippen LogP contribution in [0.15, 0.2) is 36.4 Å². The summed E-state index contributed by atoms with van der Waals surface area (Å²) >= 11 is 0. The fourth-order valence-corrected chi connectivity index (χ4v) is 1.73. The molecule has 0 atom stereocenters. The van der Waals surface area contributed by atoms with E-state index in [0.717, 1.165) is 12.1 Å². The van der Waals surface area contributed by atoms with Crippen molar-refractivity contribution >= 4 is 17.3 Å². The Bertz CT molecular complexity index is 805. The monoisotopic (exact) mass is 322 g/mol. The highest BCUT2D eigenvalue weighted by Gasteiger charge is 2.29. The molecule has 0 heterocycles. The molecular weight excluding hydrogens is 315 g/mol. The molecule has 0 fully saturated rings. The molecule has 0 spiro atoms. The Morgan fingerprint density at radius 3 is 2.09 bits per heavy atom. The van der Waals surface area contributed by atoms with Crippen molar-refractivity contribution in [2.45, 2.75) is 0 Å². The Morgan fingerprint density at radius 1 is 1.04 bits per heavy atom. The zero-order valence-corrected chi connectivity index (χ0v) is 11.1. The second-order valence-corrected chi connectivity index (χ2v) is 4.21. The highest BCUT2D eigenvalue weighted by atomic mass is 19.1. The number of carbonyl (C=O) groups is 1. The molecule has 118 valence electrons. The van der Waals surface area contributed by atoms with Gasteiger partial charge in [-0.3, -0.25) is 20.2 Å². The first kappa shape index (κ1) is 15.8. The number of halogens is 1. The van der Waals surface area contributed by atoms with E-state index in [1.807, 2.05) is 0 Å². The van der Waals surface area contributed by atoms with Crippen molar-refractivity contribution in [1.29, 1.82) is 0 Å². The summed E-state index contributed by atoms with van der Waals surface area (Å²) in [6.45, 7) is 0. The molecule has 0 radical (unpaired) electrons. The summed E-state index contributed by atoms with van der Waals surface area (Å²) in [6, 6.07) is 5.58. The first-order valence-corrected chi connectivity index (χ1v) is 5.93. The van der Waals surface area contributed by atoms with Crippen LogP contribution in [0.25, 0.3) is 0 Å². The van der Waals surface area contributed by atoms with Gasteiger partial charge in [0.15, 0.2) is 0 Å². The summed E-state index contributed by atoms with van der Waals surface area (Å²) in [5.41, 5.74) is -2.49. The van der Waals surface area contributed by atoms with E-state index in [1.54, 1.807) is 0 Å². The van der Waals surface area contributed by atoms with Gasteiger partial charge in [0.25, 0.3) is 5.69 Å². The van der Waals surface area contributed by atoms with E-state index in [9.17, 15) is 29.4 Å². The van der Waals surface area contributed by atoms with Gasteiger partial charge in [-0.2, -0.15) is 0 Å². The summed E-state index contributed by atoms with van der Waals surface area (Å²) < 4.78 is 18.0. The molecule has 0 unspecified atom stereocenters. The number of ether oxygens (including phenoxy) is 1. The van der Waals surface area contributed by atoms with Gasteiger partial charge in [0.2, 0.25) is 5.75 Å². The van der Waals surface area contributed by atoms with E-state index in [4.69, 9.17) is 9.84 Å². The van der Waals surface area contributed by atoms with E-state index in [-0.39, 0.29) is 5.75 Å². The Morgan fingerprint density at radius 2 is 1.61 bits per heavy atom. The summed E-state index contributed by atoms with van der Waals surface area (Å²) in [5.74, 6) is -2.72. The minimum absolute atomic E-state index is 0.000285. The van der Waals surface area contributed by atoms with Gasteiger partial charge in [-0.25, -0.2) is 9.18 Å². The van der Waals surface area contributed by atoms with Crippen molar-refractivity contribution in [3.63, 3.8) is 0 Å². The normalized spacial score (nSPS) is 10.1. The summed E-state index contributed by atoms with van der Waals surface area (Å²) in [4.78, 5) is 30.9. The quantitative estimate of drug-likeness (QED) is 0.660. The number of benzene rings is 2. The van der Waals surface area contributed by atoms with Crippen LogP contribution in [0.3, 0.4) is 0 Å². The predicted octanol–water partition coefficient (Wildman–Crippen LogP) is 3.13. The molecular formula is C13H7FN2O7. The van der Waals surface area contributed by atoms with Crippen LogP contribution in [-0.4, -0.2) is 20.9 Å². The third-order valence-electron chi connectivity index (χ3n) is 2.74. The van der Waals surface area contributed by atoms with E-state index < -0.39 is 44.3 Å². The number of carboxylic acid groups (broad SMARTS) is 1. The average molecular weight is 322 g/mol. The van der Waals surface area contributed by atoms with Gasteiger partial charge in [0.05, 0.1) is 15.9 Å². The average Bonchev–Trinajstić information content (AvgIpc) is 2.48. The summed E-state index contributed by atoms with van der Waals surface area (Å²) in [7, 11) is 0. The van der Waals surface area contributed by atoms with Gasteiger partial charge < -0.3 is 9.84 Å². The number of nitrogens with zero attached hydrogens (tertiary/aromatic N) is 2. The number of nitro benzene ring substituents is 2. The second kappa shape index (κ2) is 6.05. The van der Waals surface area contributed by atoms with Crippen molar-refractivity contribution in [3.05, 3.63) is 68.0 Å². The topological polar surface area (TPSA) is 133 Å². The largest absolute Gasteiger partial charge is 0.477 e. The van der Waals surface area contributed by atoms with Crippen LogP contribution in [0, 0.1) is 26.0 Å². The van der Waals surface area contributed by atoms with Crippen LogP contribution in [0.2, 0.25) is 0 Å². The van der Waals surface area contributed by atoms with Crippen molar-refractivity contribution < 1.29 is 28.9 Å². The van der Waals surface area contributed by atoms with Crippen LogP contribution < -0.4 is 4.74 Å². The van der Waals surface area contributed by atoms with Crippen LogP contribution in [0.5, 0.6) is 11.5 Å². The first-order valence-electron chi connectivity index (χ1n) is 5.93. The molecule has 0 amide bonds. The molecule has 0 aliphatic rings. The maximum Gasteiger partial charge on any atom is 0.342 e. The lowest BCUT2D eigenvalue weighted by Gasteiger charge is -2.07. The molecule has 0 aromatic heterocycles. The minimum Gasteiger partial charge on any atom is -0.477 e. The zero-order valence-electron chi connectivity index (χ0n) is 11.1. The Kier molecular flexibility index (Phi) is 4.16. The fraction of sp³-hybridized carbons (Fsp3) is 0. The van der Waals surface area contributed by atoms with Gasteiger partial charge in [-0.15, -0.1) is 0 Å². The van der Waals surface area contributed by atoms with Crippen LogP contribution in [0.1, 0.15) is 10.4 Å². The number of hydrogen-bond acceptors (Lipinski definition) is 6. The number of nitro groups is 2. The number of rotatable bonds is 5. The molecule has 0 bridgehead atoms. The lowest BCUT2D eigenvalue weighted by Crippen LogP contribution is -2.05. The smallest absolute Gasteiger partial charge is 0.342 e. The summed E-state index contributed by atoms with van der Waals surface area (Å²) in [5, 5.41) is 30.9. The Balaban J connectivity index is 2.58. The summed E-state index contributed by atoms with van der Waals surface area (Å²) in [6.07, 6.45) is 0. The molecule has 2 rings (SSSR count). The maximum atomic E-state index is 12.8. The number of carboxylic acids is 1. The molecule has 2 aromatic rings. The zero-order chi connectivity index (χ0) is 17.1. The van der Waals surface area contributed by atoms with Gasteiger partial charge >= 0.3 is 11.7 Å². The molecule has 23 heavy (non-hydrogen) atoms. The van der Waals surface area contributed by atoms with E-state index >= 15 is 0 Å². The molecule has 0 saturated carbocycles. The molecule has 10 heteroatoms. The minimum atomic E-state index is -1.64. The number of aromatic carboxylic acids is 1. The Hall–Kier alpha value is -3.56. The number of hydrogen-bond donors (Lipinski definition) is 1. The van der Waals surface area contributed by atoms with Crippen molar-refractivity contribution in [2.24, 2.45) is 0 Å². The van der Waals surface area contributed by atoms with Crippen molar-refractivity contribution in [3.8, 4) is 11.5 Å². The molecule has 1 N–H and O–H groups in total. The maximum absolute atomic E-state index is 12.8. The van der Waals surface area contributed by atoms with E-state index in [1.165, 1.54) is 12.1 Å². The van der Waals surface area contributed by atoms with Crippen LogP contribution in [-0.2, 0) is 0 Å². The van der Waals surface area contributed by atoms with E-state index in [0.29, 0.717) is 12.1 Å². The van der Waals surface area contributed by atoms with Crippen LogP contribution in [0.4, 0.5) is 15.8 Å². The van der Waals surface area contributed by atoms with Crippen LogP contribution >= 0.6 is 0 Å². The van der Waals surface area contributed by atoms with E-state index in [2.05, 4.69) is 0 Å². The fourth-order valence-electron chi connectivity index (χ4n) is 1.73. The standard InChI is InChI=1S/C13H7FN2O7/c14-7-1-3-8(4-2-7)23-12-5-9(13(17)18)10(15(19)20)6-11(12)16(21)22/h1-6H,(H,17,18). The van der Waals surface area contributed by atoms with Gasteiger partial charge in [0.1, 0.15) is 17.1 Å². The lowest BCUT2D eigenvalue weighted by atomic mass is 10.1. The molecule has 2 aromatic carbocycles.